The van der Waals surface area contributed by atoms with E-state index in [1.807, 2.05) is 13.8 Å². The van der Waals surface area contributed by atoms with Crippen LogP contribution in [0, 0.1) is 17.8 Å². The Morgan fingerprint density at radius 2 is 1.77 bits per heavy atom. The van der Waals surface area contributed by atoms with Crippen molar-refractivity contribution in [3.05, 3.63) is 0 Å². The summed E-state index contributed by atoms with van der Waals surface area (Å²) in [7, 11) is 0. The van der Waals surface area contributed by atoms with Gasteiger partial charge in [0.25, 0.3) is 0 Å². The molecule has 0 aromatic carbocycles. The number of hydrogen-bond donors (Lipinski definition) is 1. The second-order valence-electron chi connectivity index (χ2n) is 4.04. The van der Waals surface area contributed by atoms with Gasteiger partial charge in [-0.15, -0.1) is 0 Å². The molecule has 1 rings (SSSR count). The van der Waals surface area contributed by atoms with Gasteiger partial charge < -0.3 is 5.11 Å². The predicted molar refractivity (Wildman–Crippen MR) is 48.3 cm³/mol. The minimum absolute atomic E-state index is 0.0371. The van der Waals surface area contributed by atoms with Gasteiger partial charge in [-0.25, -0.2) is 0 Å². The van der Waals surface area contributed by atoms with Gasteiger partial charge in [0.2, 0.25) is 0 Å². The van der Waals surface area contributed by atoms with Crippen LogP contribution in [0.1, 0.15) is 33.1 Å². The fourth-order valence-electron chi connectivity index (χ4n) is 2.02. The van der Waals surface area contributed by atoms with Crippen LogP contribution < -0.4 is 0 Å². The zero-order valence-corrected chi connectivity index (χ0v) is 8.12. The molecular weight excluding hydrogens is 168 g/mol. The molecule has 1 aliphatic rings. The Labute approximate surface area is 78.1 Å². The topological polar surface area (TPSA) is 54.4 Å². The lowest BCUT2D eigenvalue weighted by atomic mass is 9.87. The maximum atomic E-state index is 11.6. The van der Waals surface area contributed by atoms with Crippen molar-refractivity contribution in [3.8, 4) is 0 Å². The van der Waals surface area contributed by atoms with Crippen molar-refractivity contribution in [3.63, 3.8) is 0 Å². The second kappa shape index (κ2) is 3.90. The van der Waals surface area contributed by atoms with Crippen molar-refractivity contribution in [2.75, 3.05) is 0 Å². The summed E-state index contributed by atoms with van der Waals surface area (Å²) in [5.74, 6) is -1.38. The van der Waals surface area contributed by atoms with E-state index in [4.69, 9.17) is 5.11 Å². The first-order valence-electron chi connectivity index (χ1n) is 4.80. The second-order valence-corrected chi connectivity index (χ2v) is 4.04. The third-order valence-corrected chi connectivity index (χ3v) is 2.77. The fraction of sp³-hybridized carbons (Fsp3) is 0.800. The van der Waals surface area contributed by atoms with Crippen LogP contribution in [0.4, 0.5) is 0 Å². The van der Waals surface area contributed by atoms with E-state index in [0.29, 0.717) is 6.42 Å². The Morgan fingerprint density at radius 3 is 2.23 bits per heavy atom. The van der Waals surface area contributed by atoms with Crippen molar-refractivity contribution in [2.45, 2.75) is 33.1 Å². The molecule has 1 saturated carbocycles. The number of aliphatic carboxylic acids is 1. The van der Waals surface area contributed by atoms with Crippen molar-refractivity contribution >= 4 is 11.8 Å². The molecule has 0 heterocycles. The van der Waals surface area contributed by atoms with Crippen LogP contribution in [0.5, 0.6) is 0 Å². The van der Waals surface area contributed by atoms with Crippen LogP contribution in [0.25, 0.3) is 0 Å². The Kier molecular flexibility index (Phi) is 3.07. The molecule has 0 saturated heterocycles. The van der Waals surface area contributed by atoms with Crippen LogP contribution in [0.3, 0.4) is 0 Å². The van der Waals surface area contributed by atoms with E-state index in [2.05, 4.69) is 0 Å². The Balaban J connectivity index is 2.68. The number of hydrogen-bond acceptors (Lipinski definition) is 2. The molecule has 0 radical (unpaired) electrons. The lowest BCUT2D eigenvalue weighted by molar-refractivity contribution is -0.146. The van der Waals surface area contributed by atoms with Gasteiger partial charge in [-0.2, -0.15) is 0 Å². The van der Waals surface area contributed by atoms with Crippen molar-refractivity contribution in [1.82, 2.24) is 0 Å². The van der Waals surface area contributed by atoms with E-state index in [9.17, 15) is 9.59 Å². The van der Waals surface area contributed by atoms with Crippen LogP contribution in [-0.2, 0) is 9.59 Å². The minimum Gasteiger partial charge on any atom is -0.481 e. The van der Waals surface area contributed by atoms with Gasteiger partial charge in [0.1, 0.15) is 5.78 Å². The molecule has 0 bridgehead atoms. The van der Waals surface area contributed by atoms with Crippen molar-refractivity contribution in [2.24, 2.45) is 17.8 Å². The highest BCUT2D eigenvalue weighted by molar-refractivity contribution is 5.88. The smallest absolute Gasteiger partial charge is 0.307 e. The summed E-state index contributed by atoms with van der Waals surface area (Å²) in [5, 5.41) is 8.86. The summed E-state index contributed by atoms with van der Waals surface area (Å²) in [6.07, 6.45) is 2.30. The van der Waals surface area contributed by atoms with Gasteiger partial charge in [-0.05, 0) is 12.8 Å². The molecule has 2 atom stereocenters. The highest BCUT2D eigenvalue weighted by Crippen LogP contribution is 2.34. The molecule has 3 nitrogen and oxygen atoms in total. The van der Waals surface area contributed by atoms with Gasteiger partial charge in [-0.3, -0.25) is 9.59 Å². The number of rotatable bonds is 3. The minimum atomic E-state index is -0.809. The van der Waals surface area contributed by atoms with E-state index >= 15 is 0 Å². The van der Waals surface area contributed by atoms with Gasteiger partial charge in [-0.1, -0.05) is 20.3 Å². The van der Waals surface area contributed by atoms with Crippen LogP contribution in [0.15, 0.2) is 0 Å². The van der Waals surface area contributed by atoms with E-state index in [-0.39, 0.29) is 17.6 Å². The zero-order valence-electron chi connectivity index (χ0n) is 8.12. The van der Waals surface area contributed by atoms with Gasteiger partial charge >= 0.3 is 5.97 Å². The molecule has 3 heteroatoms. The normalized spacial score (nSPS) is 27.9. The summed E-state index contributed by atoms with van der Waals surface area (Å²) < 4.78 is 0. The molecule has 0 unspecified atom stereocenters. The molecule has 13 heavy (non-hydrogen) atoms. The maximum absolute atomic E-state index is 11.6. The summed E-state index contributed by atoms with van der Waals surface area (Å²) in [4.78, 5) is 22.4. The fourth-order valence-corrected chi connectivity index (χ4v) is 2.02. The van der Waals surface area contributed by atoms with E-state index < -0.39 is 11.9 Å². The molecule has 0 aliphatic heterocycles. The van der Waals surface area contributed by atoms with E-state index in [0.717, 1.165) is 12.8 Å². The quantitative estimate of drug-likeness (QED) is 0.726. The van der Waals surface area contributed by atoms with Crippen molar-refractivity contribution in [1.29, 1.82) is 0 Å². The van der Waals surface area contributed by atoms with Gasteiger partial charge in [0.15, 0.2) is 0 Å². The molecule has 0 aromatic heterocycles. The van der Waals surface area contributed by atoms with Gasteiger partial charge in [0.05, 0.1) is 5.92 Å². The first-order chi connectivity index (χ1) is 6.04. The molecule has 0 aromatic rings. The molecule has 74 valence electrons. The Hall–Kier alpha value is -0.860. The number of carbonyl (C=O) groups is 2. The molecule has 1 N–H and O–H groups in total. The molecule has 1 fully saturated rings. The van der Waals surface area contributed by atoms with E-state index in [1.54, 1.807) is 0 Å². The van der Waals surface area contributed by atoms with Crippen molar-refractivity contribution < 1.29 is 14.7 Å². The van der Waals surface area contributed by atoms with Gasteiger partial charge in [0, 0.05) is 11.8 Å². The average Bonchev–Trinajstić information content (AvgIpc) is 2.50. The molecular formula is C10H16O3. The predicted octanol–water partition coefficient (Wildman–Crippen LogP) is 1.71. The monoisotopic (exact) mass is 184 g/mol. The highest BCUT2D eigenvalue weighted by Gasteiger charge is 2.38. The molecule has 1 aliphatic carbocycles. The third kappa shape index (κ3) is 2.08. The Bertz CT molecular complexity index is 220. The lowest BCUT2D eigenvalue weighted by Gasteiger charge is -2.16. The summed E-state index contributed by atoms with van der Waals surface area (Å²) >= 11 is 0. The molecule has 0 amide bonds. The summed E-state index contributed by atoms with van der Waals surface area (Å²) in [6, 6.07) is 0. The van der Waals surface area contributed by atoms with Crippen LogP contribution in [0.2, 0.25) is 0 Å². The molecule has 0 spiro atoms. The number of Topliss-reactive ketones (excluding diaryl/α,β-unsaturated/α-hetero) is 1. The van der Waals surface area contributed by atoms with E-state index in [1.165, 1.54) is 0 Å². The van der Waals surface area contributed by atoms with Crippen LogP contribution >= 0.6 is 0 Å². The number of carboxylic acids is 1. The number of carboxylic acid groups (broad SMARTS) is 1. The standard InChI is InChI=1S/C10H16O3/c1-6(2)9(11)7-4-3-5-8(7)10(12)13/h6-8H,3-5H2,1-2H3,(H,12,13)/t7-,8-/m0/s1. The third-order valence-electron chi connectivity index (χ3n) is 2.77. The summed E-state index contributed by atoms with van der Waals surface area (Å²) in [6.45, 7) is 3.67. The first-order valence-corrected chi connectivity index (χ1v) is 4.80. The SMILES string of the molecule is CC(C)C(=O)[C@H]1CCC[C@@H]1C(=O)O. The Morgan fingerprint density at radius 1 is 1.23 bits per heavy atom. The lowest BCUT2D eigenvalue weighted by Crippen LogP contribution is -2.28. The number of ketones is 1. The summed E-state index contributed by atoms with van der Waals surface area (Å²) in [5.41, 5.74) is 0. The van der Waals surface area contributed by atoms with Crippen LogP contribution in [-0.4, -0.2) is 16.9 Å². The highest BCUT2D eigenvalue weighted by atomic mass is 16.4. The first kappa shape index (κ1) is 10.2. The number of carbonyl (C=O) groups excluding carboxylic acids is 1. The maximum Gasteiger partial charge on any atom is 0.307 e. The largest absolute Gasteiger partial charge is 0.481 e. The zero-order chi connectivity index (χ0) is 10.0. The average molecular weight is 184 g/mol.